The summed E-state index contributed by atoms with van der Waals surface area (Å²) in [5.41, 5.74) is 3.83. The number of esters is 2. The number of unbranched alkanes of at least 4 members (excludes halogenated alkanes) is 12. The van der Waals surface area contributed by atoms with E-state index in [9.17, 15) is 19.0 Å². The summed E-state index contributed by atoms with van der Waals surface area (Å²) in [6.07, 6.45) is 19.8. The van der Waals surface area contributed by atoms with Gasteiger partial charge in [-0.3, -0.25) is 18.6 Å². The van der Waals surface area contributed by atoms with E-state index in [0.717, 1.165) is 119 Å². The van der Waals surface area contributed by atoms with Gasteiger partial charge < -0.3 is 27.7 Å². The zero-order valence-corrected chi connectivity index (χ0v) is 37.9. The maximum absolute atomic E-state index is 12.8. The van der Waals surface area contributed by atoms with Gasteiger partial charge in [-0.1, -0.05) is 78.1 Å². The fraction of sp³-hybridized carbons (Fsp3) is 0.778. The minimum absolute atomic E-state index is 0.0164. The molecule has 0 spiro atoms. The molecule has 0 saturated heterocycles. The number of phosphoric ester groups is 1. The Kier molecular flexibility index (Phi) is 25.0. The number of rotatable bonds is 34. The Hall–Kier alpha value is -2.43. The molecule has 0 bridgehead atoms. The van der Waals surface area contributed by atoms with E-state index in [-0.39, 0.29) is 26.1 Å². The largest absolute Gasteiger partial charge is 0.472 e. The molecular weight excluding hydrogens is 745 g/mol. The zero-order valence-electron chi connectivity index (χ0n) is 37.1. The minimum atomic E-state index is -4.40. The molecule has 0 fully saturated rings. The molecule has 2 rings (SSSR count). The number of phosphoric acid groups is 1. The van der Waals surface area contributed by atoms with E-state index in [4.69, 9.17) is 27.4 Å². The molecule has 2 aromatic rings. The summed E-state index contributed by atoms with van der Waals surface area (Å²) in [4.78, 5) is 35.6. The van der Waals surface area contributed by atoms with E-state index in [1.807, 2.05) is 21.1 Å². The first-order valence-electron chi connectivity index (χ1n) is 22.1. The highest BCUT2D eigenvalue weighted by molar-refractivity contribution is 7.47. The molecule has 0 saturated carbocycles. The van der Waals surface area contributed by atoms with Crippen LogP contribution in [-0.2, 0) is 58.4 Å². The molecule has 1 N–H and O–H groups in total. The quantitative estimate of drug-likeness (QED) is 0.0314. The standard InChI is InChI=1S/C45H78NO10P/c1-9-11-20-26-39-33-36(3)41(54-39)27-21-16-12-15-19-24-30-45(48)55-40(35-53-57(49,50)52-32-31-46(6,7)8)34-51-44(47)29-23-18-14-13-17-22-28-43-38(5)37(4)42(56-43)25-10-2/h33,40H,9-32,34-35H2,1-8H3/p+1. The van der Waals surface area contributed by atoms with Crippen molar-refractivity contribution in [3.63, 3.8) is 0 Å². The van der Waals surface area contributed by atoms with Crippen LogP contribution in [0.25, 0.3) is 0 Å². The minimum Gasteiger partial charge on any atom is -0.466 e. The normalized spacial score (nSPS) is 13.5. The number of aryl methyl sites for hydroxylation is 5. The van der Waals surface area contributed by atoms with Crippen molar-refractivity contribution in [3.8, 4) is 0 Å². The van der Waals surface area contributed by atoms with Gasteiger partial charge >= 0.3 is 19.8 Å². The van der Waals surface area contributed by atoms with Gasteiger partial charge in [0, 0.05) is 38.5 Å². The zero-order chi connectivity index (χ0) is 42.1. The second kappa shape index (κ2) is 28.1. The Labute approximate surface area is 345 Å². The maximum Gasteiger partial charge on any atom is 0.472 e. The number of carbonyl (C=O) groups excluding carboxylic acids is 2. The van der Waals surface area contributed by atoms with E-state index in [0.29, 0.717) is 23.9 Å². The highest BCUT2D eigenvalue weighted by Crippen LogP contribution is 2.43. The summed E-state index contributed by atoms with van der Waals surface area (Å²) in [7, 11) is 1.42. The molecular formula is C45H79NO10P+. The molecule has 0 aromatic carbocycles. The lowest BCUT2D eigenvalue weighted by molar-refractivity contribution is -0.870. The SMILES string of the molecule is CCCCCc1cc(C)c(CCCCCCCCC(=O)OC(COC(=O)CCCCCCCCc2oc(CCC)c(C)c2C)COP(=O)(O)OCC[N+](C)(C)C)o1. The van der Waals surface area contributed by atoms with Crippen LogP contribution in [0.4, 0.5) is 0 Å². The van der Waals surface area contributed by atoms with Crippen LogP contribution in [0.2, 0.25) is 0 Å². The van der Waals surface area contributed by atoms with Gasteiger partial charge in [0.15, 0.2) is 6.10 Å². The topological polar surface area (TPSA) is 135 Å². The molecule has 0 amide bonds. The second-order valence-corrected chi connectivity index (χ2v) is 18.3. The summed E-state index contributed by atoms with van der Waals surface area (Å²) in [6.45, 7) is 10.6. The van der Waals surface area contributed by atoms with Crippen molar-refractivity contribution in [2.45, 2.75) is 182 Å². The maximum atomic E-state index is 12.8. The van der Waals surface area contributed by atoms with Gasteiger partial charge in [0.05, 0.1) is 27.7 Å². The van der Waals surface area contributed by atoms with Crippen molar-refractivity contribution in [2.24, 2.45) is 0 Å². The molecule has 0 aliphatic carbocycles. The van der Waals surface area contributed by atoms with Crippen molar-refractivity contribution in [1.82, 2.24) is 0 Å². The van der Waals surface area contributed by atoms with Crippen LogP contribution in [0.1, 0.15) is 169 Å². The molecule has 11 nitrogen and oxygen atoms in total. The molecule has 2 atom stereocenters. The van der Waals surface area contributed by atoms with E-state index in [1.165, 1.54) is 36.0 Å². The molecule has 2 unspecified atom stereocenters. The Morgan fingerprint density at radius 3 is 1.81 bits per heavy atom. The van der Waals surface area contributed by atoms with Gasteiger partial charge in [-0.15, -0.1) is 0 Å². The van der Waals surface area contributed by atoms with Crippen molar-refractivity contribution >= 4 is 19.8 Å². The van der Waals surface area contributed by atoms with E-state index in [1.54, 1.807) is 0 Å². The summed E-state index contributed by atoms with van der Waals surface area (Å²) < 4.78 is 46.6. The van der Waals surface area contributed by atoms with Crippen LogP contribution in [0.15, 0.2) is 14.9 Å². The van der Waals surface area contributed by atoms with E-state index in [2.05, 4.69) is 40.7 Å². The van der Waals surface area contributed by atoms with Gasteiger partial charge in [0.2, 0.25) is 0 Å². The molecule has 2 aromatic heterocycles. The monoisotopic (exact) mass is 825 g/mol. The number of hydrogen-bond acceptors (Lipinski definition) is 9. The predicted octanol–water partition coefficient (Wildman–Crippen LogP) is 11.0. The molecule has 12 heteroatoms. The van der Waals surface area contributed by atoms with Crippen LogP contribution in [-0.4, -0.2) is 74.9 Å². The summed E-state index contributed by atoms with van der Waals surface area (Å²) in [5, 5.41) is 0. The van der Waals surface area contributed by atoms with Crippen molar-refractivity contribution in [3.05, 3.63) is 45.8 Å². The molecule has 0 radical (unpaired) electrons. The van der Waals surface area contributed by atoms with Crippen LogP contribution >= 0.6 is 7.82 Å². The first-order valence-corrected chi connectivity index (χ1v) is 23.6. The van der Waals surface area contributed by atoms with E-state index >= 15 is 0 Å². The Morgan fingerprint density at radius 2 is 1.21 bits per heavy atom. The van der Waals surface area contributed by atoms with Crippen molar-refractivity contribution in [1.29, 1.82) is 0 Å². The number of hydrogen-bond donors (Lipinski definition) is 1. The number of likely N-dealkylation sites (N-methyl/N-ethyl adjacent to an activating group) is 1. The van der Waals surface area contributed by atoms with Crippen molar-refractivity contribution < 1.29 is 50.9 Å². The van der Waals surface area contributed by atoms with E-state index < -0.39 is 32.5 Å². The third-order valence-corrected chi connectivity index (χ3v) is 11.4. The number of furan rings is 2. The lowest BCUT2D eigenvalue weighted by Crippen LogP contribution is -2.37. The van der Waals surface area contributed by atoms with Crippen LogP contribution in [0, 0.1) is 20.8 Å². The lowest BCUT2D eigenvalue weighted by Gasteiger charge is -2.24. The Morgan fingerprint density at radius 1 is 0.667 bits per heavy atom. The Balaban J connectivity index is 1.69. The number of quaternary nitrogens is 1. The summed E-state index contributed by atoms with van der Waals surface area (Å²) in [6, 6.07) is 2.19. The third-order valence-electron chi connectivity index (χ3n) is 10.5. The molecule has 0 aliphatic rings. The number of carbonyl (C=O) groups is 2. The van der Waals surface area contributed by atoms with Gasteiger partial charge in [0.1, 0.15) is 42.8 Å². The fourth-order valence-electron chi connectivity index (χ4n) is 6.72. The molecule has 0 aliphatic heterocycles. The predicted molar refractivity (Wildman–Crippen MR) is 226 cm³/mol. The second-order valence-electron chi connectivity index (χ2n) is 16.9. The third kappa shape index (κ3) is 23.1. The van der Waals surface area contributed by atoms with Crippen molar-refractivity contribution in [2.75, 3.05) is 47.5 Å². The van der Waals surface area contributed by atoms with Gasteiger partial charge in [-0.2, -0.15) is 0 Å². The average Bonchev–Trinajstić information content (AvgIpc) is 3.63. The van der Waals surface area contributed by atoms with Crippen LogP contribution in [0.3, 0.4) is 0 Å². The lowest BCUT2D eigenvalue weighted by atomic mass is 10.0. The van der Waals surface area contributed by atoms with Crippen LogP contribution in [0.5, 0.6) is 0 Å². The number of nitrogens with zero attached hydrogens (tertiary/aromatic N) is 1. The van der Waals surface area contributed by atoms with Gasteiger partial charge in [-0.25, -0.2) is 4.57 Å². The average molecular weight is 825 g/mol. The highest BCUT2D eigenvalue weighted by atomic mass is 31.2. The molecule has 2 heterocycles. The molecule has 328 valence electrons. The number of ether oxygens (including phenoxy) is 2. The molecule has 57 heavy (non-hydrogen) atoms. The highest BCUT2D eigenvalue weighted by Gasteiger charge is 2.27. The first-order chi connectivity index (χ1) is 27.1. The smallest absolute Gasteiger partial charge is 0.466 e. The van der Waals surface area contributed by atoms with Gasteiger partial charge in [-0.05, 0) is 82.1 Å². The Bertz CT molecular complexity index is 1460. The fourth-order valence-corrected chi connectivity index (χ4v) is 7.46. The summed E-state index contributed by atoms with van der Waals surface area (Å²) in [5.74, 6) is 3.59. The van der Waals surface area contributed by atoms with Gasteiger partial charge in [0.25, 0.3) is 0 Å². The first kappa shape index (κ1) is 50.7. The summed E-state index contributed by atoms with van der Waals surface area (Å²) >= 11 is 0. The van der Waals surface area contributed by atoms with Crippen LogP contribution < -0.4 is 0 Å².